The van der Waals surface area contributed by atoms with Crippen molar-refractivity contribution in [2.75, 3.05) is 13.1 Å². The van der Waals surface area contributed by atoms with E-state index in [1.165, 1.54) is 17.2 Å². The largest absolute Gasteiger partial charge is 0.347 e. The zero-order chi connectivity index (χ0) is 20.3. The molecule has 2 N–H and O–H groups in total. The van der Waals surface area contributed by atoms with E-state index in [0.717, 1.165) is 41.4 Å². The molecule has 0 unspecified atom stereocenters. The number of amides is 1. The van der Waals surface area contributed by atoms with Gasteiger partial charge >= 0.3 is 0 Å². The number of thioether (sulfide) groups is 1. The Balaban J connectivity index is 1.75. The Labute approximate surface area is 175 Å². The smallest absolute Gasteiger partial charge is 0.254 e. The molecule has 0 aliphatic carbocycles. The topological polar surface area (TPSA) is 41.1 Å². The number of halogens is 2. The Kier molecular flexibility index (Phi) is 6.69. The summed E-state index contributed by atoms with van der Waals surface area (Å²) in [4.78, 5) is 13.3. The Bertz CT molecular complexity index is 880. The highest BCUT2D eigenvalue weighted by molar-refractivity contribution is 7.98. The summed E-state index contributed by atoms with van der Waals surface area (Å²) in [6.45, 7) is 7.52. The van der Waals surface area contributed by atoms with E-state index in [2.05, 4.69) is 16.7 Å². The van der Waals surface area contributed by atoms with Crippen LogP contribution in [0.2, 0.25) is 5.02 Å². The molecule has 3 nitrogen and oxygen atoms in total. The molecule has 0 atom stereocenters. The van der Waals surface area contributed by atoms with Crippen molar-refractivity contribution in [1.29, 1.82) is 0 Å². The van der Waals surface area contributed by atoms with E-state index in [9.17, 15) is 9.18 Å². The van der Waals surface area contributed by atoms with Gasteiger partial charge in [0, 0.05) is 16.2 Å². The fourth-order valence-corrected chi connectivity index (χ4v) is 4.71. The number of nitrogens with one attached hydrogen (secondary N) is 2. The molecule has 150 valence electrons. The molecule has 0 bridgehead atoms. The predicted octanol–water partition coefficient (Wildman–Crippen LogP) is 4.99. The number of benzene rings is 2. The van der Waals surface area contributed by atoms with Crippen LogP contribution in [0.1, 0.15) is 47.8 Å². The molecule has 0 saturated carbocycles. The monoisotopic (exact) mass is 420 g/mol. The van der Waals surface area contributed by atoms with Crippen LogP contribution in [0.3, 0.4) is 0 Å². The third-order valence-corrected chi connectivity index (χ3v) is 6.24. The average molecular weight is 421 g/mol. The van der Waals surface area contributed by atoms with Crippen LogP contribution >= 0.6 is 23.4 Å². The Morgan fingerprint density at radius 2 is 1.96 bits per heavy atom. The number of hydrogen-bond acceptors (Lipinski definition) is 3. The van der Waals surface area contributed by atoms with Crippen molar-refractivity contribution in [2.24, 2.45) is 0 Å². The van der Waals surface area contributed by atoms with E-state index in [1.54, 1.807) is 17.8 Å². The summed E-state index contributed by atoms with van der Waals surface area (Å²) in [6, 6.07) is 8.88. The van der Waals surface area contributed by atoms with E-state index in [-0.39, 0.29) is 5.56 Å². The summed E-state index contributed by atoms with van der Waals surface area (Å²) in [5, 5.41) is 6.95. The summed E-state index contributed by atoms with van der Waals surface area (Å²) in [6.07, 6.45) is 1.94. The molecule has 0 aromatic heterocycles. The predicted molar refractivity (Wildman–Crippen MR) is 115 cm³/mol. The average Bonchev–Trinajstić information content (AvgIpc) is 2.85. The number of carbonyl (C=O) groups excluding carboxylic acids is 1. The molecule has 0 spiro atoms. The van der Waals surface area contributed by atoms with Crippen LogP contribution in [0.25, 0.3) is 0 Å². The maximum Gasteiger partial charge on any atom is 0.254 e. The van der Waals surface area contributed by atoms with Gasteiger partial charge in [0.2, 0.25) is 0 Å². The maximum absolute atomic E-state index is 14.5. The number of hydrogen-bond donors (Lipinski definition) is 2. The first-order chi connectivity index (χ1) is 13.2. The molecule has 0 fully saturated rings. The van der Waals surface area contributed by atoms with E-state index in [4.69, 9.17) is 11.6 Å². The first kappa shape index (κ1) is 21.2. The highest BCUT2D eigenvalue weighted by Gasteiger charge is 2.19. The van der Waals surface area contributed by atoms with Gasteiger partial charge in [0.1, 0.15) is 5.82 Å². The van der Waals surface area contributed by atoms with E-state index < -0.39 is 17.3 Å². The van der Waals surface area contributed by atoms with Gasteiger partial charge in [-0.3, -0.25) is 4.79 Å². The summed E-state index contributed by atoms with van der Waals surface area (Å²) in [5.41, 5.74) is 3.12. The van der Waals surface area contributed by atoms with Crippen LogP contribution in [0.4, 0.5) is 4.39 Å². The molecule has 6 heteroatoms. The Morgan fingerprint density at radius 1 is 1.21 bits per heavy atom. The zero-order valence-corrected chi connectivity index (χ0v) is 18.1. The van der Waals surface area contributed by atoms with Crippen LogP contribution in [-0.2, 0) is 18.6 Å². The molecule has 1 heterocycles. The van der Waals surface area contributed by atoms with Crippen molar-refractivity contribution in [1.82, 2.24) is 10.6 Å². The van der Waals surface area contributed by atoms with Crippen molar-refractivity contribution in [2.45, 2.75) is 49.8 Å². The fraction of sp³-hybridized carbons (Fsp3) is 0.409. The number of carbonyl (C=O) groups is 1. The lowest BCUT2D eigenvalue weighted by molar-refractivity contribution is 0.0915. The molecular weight excluding hydrogens is 395 g/mol. The lowest BCUT2D eigenvalue weighted by Crippen LogP contribution is -2.40. The lowest BCUT2D eigenvalue weighted by Gasteiger charge is -2.20. The second-order valence-corrected chi connectivity index (χ2v) is 9.46. The van der Waals surface area contributed by atoms with E-state index in [0.29, 0.717) is 5.75 Å². The van der Waals surface area contributed by atoms with Gasteiger partial charge in [-0.2, -0.15) is 0 Å². The summed E-state index contributed by atoms with van der Waals surface area (Å²) >= 11 is 8.10. The normalized spacial score (nSPS) is 14.3. The van der Waals surface area contributed by atoms with Gasteiger partial charge in [-0.25, -0.2) is 4.39 Å². The van der Waals surface area contributed by atoms with Crippen LogP contribution in [0.15, 0.2) is 35.2 Å². The van der Waals surface area contributed by atoms with Gasteiger partial charge in [-0.15, -0.1) is 11.8 Å². The first-order valence-electron chi connectivity index (χ1n) is 9.49. The molecule has 3 rings (SSSR count). The van der Waals surface area contributed by atoms with Crippen LogP contribution < -0.4 is 10.6 Å². The molecule has 1 aliphatic heterocycles. The van der Waals surface area contributed by atoms with Crippen LogP contribution in [0, 0.1) is 5.82 Å². The minimum Gasteiger partial charge on any atom is -0.347 e. The molecule has 1 aliphatic rings. The second-order valence-electron chi connectivity index (χ2n) is 8.07. The molecule has 0 radical (unpaired) electrons. The summed E-state index contributed by atoms with van der Waals surface area (Å²) in [5.74, 6) is -0.294. The van der Waals surface area contributed by atoms with Gasteiger partial charge in [-0.1, -0.05) is 23.7 Å². The minimum atomic E-state index is -0.498. The highest BCUT2D eigenvalue weighted by Crippen LogP contribution is 2.36. The fourth-order valence-electron chi connectivity index (χ4n) is 3.26. The number of rotatable bonds is 4. The highest BCUT2D eigenvalue weighted by atomic mass is 35.5. The van der Waals surface area contributed by atoms with Gasteiger partial charge < -0.3 is 10.6 Å². The minimum absolute atomic E-state index is 0.0707. The van der Waals surface area contributed by atoms with Crippen molar-refractivity contribution < 1.29 is 9.18 Å². The molecular formula is C22H26ClFN2OS. The SMILES string of the molecule is CC(C)(C)NC(=O)c1ccc(CSc2c(Cl)ccc3c2CCNCC3)cc1F. The van der Waals surface area contributed by atoms with Crippen LogP contribution in [0.5, 0.6) is 0 Å². The molecule has 1 amide bonds. The van der Waals surface area contributed by atoms with Crippen LogP contribution in [-0.4, -0.2) is 24.5 Å². The third-order valence-electron chi connectivity index (χ3n) is 4.58. The molecule has 28 heavy (non-hydrogen) atoms. The summed E-state index contributed by atoms with van der Waals surface area (Å²) in [7, 11) is 0. The first-order valence-corrected chi connectivity index (χ1v) is 10.9. The van der Waals surface area contributed by atoms with Crippen molar-refractivity contribution in [3.63, 3.8) is 0 Å². The quantitative estimate of drug-likeness (QED) is 0.685. The Morgan fingerprint density at radius 3 is 2.68 bits per heavy atom. The van der Waals surface area contributed by atoms with Gasteiger partial charge in [0.25, 0.3) is 5.91 Å². The number of fused-ring (bicyclic) bond motifs is 1. The maximum atomic E-state index is 14.5. The third kappa shape index (κ3) is 5.28. The van der Waals surface area contributed by atoms with E-state index in [1.807, 2.05) is 32.9 Å². The van der Waals surface area contributed by atoms with Crippen molar-refractivity contribution in [3.05, 3.63) is 63.4 Å². The van der Waals surface area contributed by atoms with Gasteiger partial charge in [0.15, 0.2) is 0 Å². The Hall–Kier alpha value is -1.56. The lowest BCUT2D eigenvalue weighted by atomic mass is 10.0. The molecule has 2 aromatic rings. The zero-order valence-electron chi connectivity index (χ0n) is 16.5. The van der Waals surface area contributed by atoms with E-state index >= 15 is 0 Å². The molecule has 2 aromatic carbocycles. The van der Waals surface area contributed by atoms with Crippen molar-refractivity contribution >= 4 is 29.3 Å². The summed E-state index contributed by atoms with van der Waals surface area (Å²) < 4.78 is 14.5. The standard InChI is InChI=1S/C22H26ClFN2OS/c1-22(2,3)26-21(27)17-6-4-14(12-19(17)24)13-28-20-16-9-11-25-10-8-15(16)5-7-18(20)23/h4-7,12,25H,8-11,13H2,1-3H3,(H,26,27). The van der Waals surface area contributed by atoms with Crippen molar-refractivity contribution in [3.8, 4) is 0 Å². The van der Waals surface area contributed by atoms with Gasteiger partial charge in [-0.05, 0) is 81.6 Å². The second kappa shape index (κ2) is 8.85. The van der Waals surface area contributed by atoms with Gasteiger partial charge in [0.05, 0.1) is 10.6 Å². The molecule has 0 saturated heterocycles.